The van der Waals surface area contributed by atoms with Crippen molar-refractivity contribution in [1.29, 1.82) is 0 Å². The Balaban J connectivity index is 1.40. The van der Waals surface area contributed by atoms with Crippen molar-refractivity contribution in [3.05, 3.63) is 82.0 Å². The molecule has 2 aromatic heterocycles. The first-order chi connectivity index (χ1) is 26.4. The Labute approximate surface area is 331 Å². The minimum absolute atomic E-state index is 0.0931. The number of morpholine rings is 1. The lowest BCUT2D eigenvalue weighted by atomic mass is 9.95. The van der Waals surface area contributed by atoms with Gasteiger partial charge in [0.25, 0.3) is 0 Å². The van der Waals surface area contributed by atoms with E-state index in [0.29, 0.717) is 90.9 Å². The molecule has 0 aliphatic carbocycles. The molecule has 0 bridgehead atoms. The smallest absolute Gasteiger partial charge is 0.355 e. The van der Waals surface area contributed by atoms with Crippen molar-refractivity contribution in [2.45, 2.75) is 45.6 Å². The Morgan fingerprint density at radius 1 is 1.11 bits per heavy atom. The Morgan fingerprint density at radius 3 is 2.62 bits per heavy atom. The van der Waals surface area contributed by atoms with Crippen molar-refractivity contribution in [1.82, 2.24) is 24.0 Å². The van der Waals surface area contributed by atoms with Crippen molar-refractivity contribution in [3.8, 4) is 16.9 Å². The molecule has 3 aromatic carbocycles. The van der Waals surface area contributed by atoms with Crippen LogP contribution in [0.2, 0.25) is 5.02 Å². The highest BCUT2D eigenvalue weighted by Crippen LogP contribution is 2.44. The Bertz CT molecular complexity index is 2260. The maximum Gasteiger partial charge on any atom is 0.355 e. The second kappa shape index (κ2) is 18.0. The summed E-state index contributed by atoms with van der Waals surface area (Å²) < 4.78 is 61.8. The molecular formula is C40H48Cl2FN5O6S. The van der Waals surface area contributed by atoms with Crippen molar-refractivity contribution < 1.29 is 31.8 Å². The summed E-state index contributed by atoms with van der Waals surface area (Å²) in [5.41, 5.74) is 4.36. The lowest BCUT2D eigenvalue weighted by molar-refractivity contribution is 0.0351. The van der Waals surface area contributed by atoms with E-state index in [4.69, 9.17) is 42.5 Å². The molecule has 0 radical (unpaired) electrons. The largest absolute Gasteiger partial charge is 0.493 e. The SMILES string of the molecule is CCOC(=O)c1[nH]c2c(-c3c(C(CCN4CCOCC4)N(C)S(=O)(=O)CCCCl)nn(C)c3C)c(Cl)ccc2c1CCCOc1cccc2cc(F)ccc12. The number of hydrogen-bond donors (Lipinski definition) is 1. The number of rotatable bonds is 17. The molecule has 0 spiro atoms. The monoisotopic (exact) mass is 815 g/mol. The van der Waals surface area contributed by atoms with Crippen LogP contribution in [-0.2, 0) is 33.0 Å². The fraction of sp³-hybridized carbons (Fsp3) is 0.450. The lowest BCUT2D eigenvalue weighted by Gasteiger charge is -2.31. The van der Waals surface area contributed by atoms with E-state index in [0.717, 1.165) is 40.5 Å². The Morgan fingerprint density at radius 2 is 1.87 bits per heavy atom. The van der Waals surface area contributed by atoms with Gasteiger partial charge in [-0.05, 0) is 80.8 Å². The fourth-order valence-corrected chi connectivity index (χ4v) is 9.26. The van der Waals surface area contributed by atoms with E-state index in [9.17, 15) is 17.6 Å². The number of carbonyl (C=O) groups is 1. The van der Waals surface area contributed by atoms with Gasteiger partial charge in [0.05, 0.1) is 54.5 Å². The van der Waals surface area contributed by atoms with Crippen LogP contribution in [0.3, 0.4) is 0 Å². The molecule has 0 amide bonds. The van der Waals surface area contributed by atoms with Crippen LogP contribution in [0.1, 0.15) is 59.7 Å². The first-order valence-corrected chi connectivity index (χ1v) is 21.1. The van der Waals surface area contributed by atoms with Crippen LogP contribution in [0.15, 0.2) is 48.5 Å². The minimum atomic E-state index is -3.72. The molecule has 15 heteroatoms. The summed E-state index contributed by atoms with van der Waals surface area (Å²) in [5, 5.41) is 7.72. The lowest BCUT2D eigenvalue weighted by Crippen LogP contribution is -2.40. The molecular weight excluding hydrogens is 768 g/mol. The maximum atomic E-state index is 13.9. The molecule has 0 saturated carbocycles. The molecule has 1 unspecified atom stereocenters. The average molecular weight is 817 g/mol. The van der Waals surface area contributed by atoms with E-state index < -0.39 is 22.0 Å². The Hall–Kier alpha value is -3.72. The third-order valence-corrected chi connectivity index (χ3v) is 12.8. The summed E-state index contributed by atoms with van der Waals surface area (Å²) in [6.07, 6.45) is 1.82. The van der Waals surface area contributed by atoms with Crippen LogP contribution in [-0.4, -0.2) is 103 Å². The van der Waals surface area contributed by atoms with Gasteiger partial charge in [-0.1, -0.05) is 29.8 Å². The zero-order chi connectivity index (χ0) is 39.3. The average Bonchev–Trinajstić information content (AvgIpc) is 3.68. The van der Waals surface area contributed by atoms with Crippen molar-refractivity contribution in [3.63, 3.8) is 0 Å². The van der Waals surface area contributed by atoms with Gasteiger partial charge in [-0.15, -0.1) is 11.6 Å². The number of fused-ring (bicyclic) bond motifs is 2. The first-order valence-electron chi connectivity index (χ1n) is 18.6. The topological polar surface area (TPSA) is 119 Å². The number of nitrogens with zero attached hydrogens (tertiary/aromatic N) is 4. The summed E-state index contributed by atoms with van der Waals surface area (Å²) >= 11 is 13.0. The maximum absolute atomic E-state index is 13.9. The van der Waals surface area contributed by atoms with Gasteiger partial charge < -0.3 is 19.2 Å². The van der Waals surface area contributed by atoms with Gasteiger partial charge in [0.15, 0.2) is 0 Å². The number of nitrogens with one attached hydrogen (secondary N) is 1. The molecule has 296 valence electrons. The molecule has 3 heterocycles. The zero-order valence-corrected chi connectivity index (χ0v) is 34.0. The van der Waals surface area contributed by atoms with E-state index in [2.05, 4.69) is 9.88 Å². The van der Waals surface area contributed by atoms with Gasteiger partial charge >= 0.3 is 5.97 Å². The van der Waals surface area contributed by atoms with E-state index in [1.807, 2.05) is 38.2 Å². The van der Waals surface area contributed by atoms with Crippen LogP contribution in [0.4, 0.5) is 4.39 Å². The predicted molar refractivity (Wildman–Crippen MR) is 215 cm³/mol. The number of ether oxygens (including phenoxy) is 3. The molecule has 1 atom stereocenters. The summed E-state index contributed by atoms with van der Waals surface area (Å²) in [7, 11) is -0.287. The summed E-state index contributed by atoms with van der Waals surface area (Å²) in [6, 6.07) is 13.2. The van der Waals surface area contributed by atoms with Crippen molar-refractivity contribution in [2.24, 2.45) is 7.05 Å². The van der Waals surface area contributed by atoms with Crippen LogP contribution < -0.4 is 4.74 Å². The Kier molecular flexibility index (Phi) is 13.4. The van der Waals surface area contributed by atoms with E-state index in [-0.39, 0.29) is 24.1 Å². The number of H-pyrrole nitrogens is 1. The summed E-state index contributed by atoms with van der Waals surface area (Å²) in [6.45, 7) is 7.59. The quantitative estimate of drug-likeness (QED) is 0.0578. The molecule has 1 fully saturated rings. The predicted octanol–water partition coefficient (Wildman–Crippen LogP) is 7.66. The second-order valence-electron chi connectivity index (χ2n) is 13.7. The third-order valence-electron chi connectivity index (χ3n) is 10.3. The van der Waals surface area contributed by atoms with Crippen molar-refractivity contribution >= 4 is 60.9 Å². The number of sulfonamides is 1. The van der Waals surface area contributed by atoms with Crippen LogP contribution >= 0.6 is 23.2 Å². The molecule has 1 N–H and O–H groups in total. The second-order valence-corrected chi connectivity index (χ2v) is 16.7. The highest BCUT2D eigenvalue weighted by atomic mass is 35.5. The number of aromatic nitrogens is 3. The molecule has 5 aromatic rings. The molecule has 1 aliphatic rings. The fourth-order valence-electron chi connectivity index (χ4n) is 7.33. The highest BCUT2D eigenvalue weighted by Gasteiger charge is 2.34. The van der Waals surface area contributed by atoms with Gasteiger partial charge in [0.1, 0.15) is 17.3 Å². The van der Waals surface area contributed by atoms with Gasteiger partial charge in [-0.3, -0.25) is 9.58 Å². The first kappa shape index (κ1) is 40.9. The number of alkyl halides is 1. The number of aromatic amines is 1. The van der Waals surface area contributed by atoms with Crippen molar-refractivity contribution in [2.75, 3.05) is 64.7 Å². The third kappa shape index (κ3) is 8.97. The number of carbonyl (C=O) groups excluding carboxylic acids is 1. The zero-order valence-electron chi connectivity index (χ0n) is 31.7. The molecule has 11 nitrogen and oxygen atoms in total. The van der Waals surface area contributed by atoms with Gasteiger partial charge in [-0.25, -0.2) is 17.6 Å². The summed E-state index contributed by atoms with van der Waals surface area (Å²) in [5.74, 6) is -0.0280. The highest BCUT2D eigenvalue weighted by molar-refractivity contribution is 7.89. The molecule has 1 saturated heterocycles. The van der Waals surface area contributed by atoms with Crippen LogP contribution in [0.5, 0.6) is 5.75 Å². The molecule has 55 heavy (non-hydrogen) atoms. The normalized spacial score (nSPS) is 14.6. The van der Waals surface area contributed by atoms with E-state index in [1.165, 1.54) is 16.4 Å². The van der Waals surface area contributed by atoms with E-state index >= 15 is 0 Å². The van der Waals surface area contributed by atoms with Gasteiger partial charge in [-0.2, -0.15) is 9.40 Å². The van der Waals surface area contributed by atoms with E-state index in [1.54, 1.807) is 30.8 Å². The molecule has 1 aliphatic heterocycles. The number of hydrogen-bond acceptors (Lipinski definition) is 8. The number of benzene rings is 3. The number of esters is 1. The number of aryl methyl sites for hydroxylation is 2. The van der Waals surface area contributed by atoms with Crippen LogP contribution in [0.25, 0.3) is 32.8 Å². The van der Waals surface area contributed by atoms with Crippen LogP contribution in [0, 0.1) is 12.7 Å². The standard InChI is InChI=1S/C40H48Cl2FN5O6S/c1-5-53-40(49)38-30(10-7-21-54-34-11-6-9-27-25-28(43)12-13-29(27)34)31-14-15-32(42)36(37(31)44-38)35-26(2)46(3)45-39(35)33(16-18-48-19-22-52-23-20-48)47(4)55(50,51)24-8-17-41/h6,9,11-15,25,33,44H,5,7-8,10,16-24H2,1-4H3. The molecule has 6 rings (SSSR count). The van der Waals surface area contributed by atoms with Gasteiger partial charge in [0.2, 0.25) is 10.0 Å². The minimum Gasteiger partial charge on any atom is -0.493 e. The van der Waals surface area contributed by atoms with Gasteiger partial charge in [0, 0.05) is 67.2 Å². The summed E-state index contributed by atoms with van der Waals surface area (Å²) in [4.78, 5) is 19.1. The number of halogens is 3.